The lowest BCUT2D eigenvalue weighted by Gasteiger charge is -2.41. The highest BCUT2D eigenvalue weighted by atomic mass is 16.5. The number of rotatable bonds is 7. The van der Waals surface area contributed by atoms with Gasteiger partial charge >= 0.3 is 0 Å². The molecule has 0 aromatic heterocycles. The molecule has 0 bridgehead atoms. The molecule has 2 amide bonds. The number of likely N-dealkylation sites (N-methyl/N-ethyl adjacent to an activating group) is 1. The summed E-state index contributed by atoms with van der Waals surface area (Å²) < 4.78 is 10.3. The Bertz CT molecular complexity index is 588. The van der Waals surface area contributed by atoms with Gasteiger partial charge in [0.05, 0.1) is 25.7 Å². The average Bonchev–Trinajstić information content (AvgIpc) is 2.65. The van der Waals surface area contributed by atoms with Crippen LogP contribution in [0, 0.1) is 5.92 Å². The maximum absolute atomic E-state index is 13.0. The first-order valence-corrected chi connectivity index (χ1v) is 8.70. The summed E-state index contributed by atoms with van der Waals surface area (Å²) in [5, 5.41) is 0. The highest BCUT2D eigenvalue weighted by molar-refractivity contribution is 5.85. The van der Waals surface area contributed by atoms with E-state index in [0.717, 1.165) is 11.3 Å². The molecule has 138 valence electrons. The normalized spacial score (nSPS) is 20.5. The summed E-state index contributed by atoms with van der Waals surface area (Å²) in [6, 6.07) is 7.40. The second-order valence-electron chi connectivity index (χ2n) is 6.30. The van der Waals surface area contributed by atoms with Gasteiger partial charge in [-0.1, -0.05) is 12.1 Å². The second kappa shape index (κ2) is 8.85. The van der Waals surface area contributed by atoms with Crippen molar-refractivity contribution in [3.63, 3.8) is 0 Å². The van der Waals surface area contributed by atoms with Gasteiger partial charge in [0.1, 0.15) is 5.75 Å². The summed E-state index contributed by atoms with van der Waals surface area (Å²) in [7, 11) is 5.03. The lowest BCUT2D eigenvalue weighted by atomic mass is 9.83. The maximum atomic E-state index is 13.0. The summed E-state index contributed by atoms with van der Waals surface area (Å²) >= 11 is 0. The van der Waals surface area contributed by atoms with Gasteiger partial charge in [-0.25, -0.2) is 0 Å². The molecule has 2 rings (SSSR count). The zero-order valence-corrected chi connectivity index (χ0v) is 15.5. The number of amides is 2. The van der Waals surface area contributed by atoms with Crippen molar-refractivity contribution in [2.45, 2.75) is 25.8 Å². The zero-order chi connectivity index (χ0) is 18.4. The van der Waals surface area contributed by atoms with Crippen LogP contribution in [-0.4, -0.2) is 62.6 Å². The Morgan fingerprint density at radius 1 is 1.28 bits per heavy atom. The van der Waals surface area contributed by atoms with Crippen LogP contribution in [0.15, 0.2) is 24.3 Å². The SMILES string of the molecule is CCN1C(=O)CC[C@@H](C(=O)N(C)CCOC)[C@@H]1c1ccc(OC)cc1. The van der Waals surface area contributed by atoms with Crippen molar-refractivity contribution in [3.05, 3.63) is 29.8 Å². The molecule has 0 unspecified atom stereocenters. The quantitative estimate of drug-likeness (QED) is 0.757. The third kappa shape index (κ3) is 4.31. The lowest BCUT2D eigenvalue weighted by molar-refractivity contribution is -0.147. The molecule has 1 fully saturated rings. The van der Waals surface area contributed by atoms with Crippen LogP contribution in [0.3, 0.4) is 0 Å². The van der Waals surface area contributed by atoms with Gasteiger partial charge in [-0.2, -0.15) is 0 Å². The topological polar surface area (TPSA) is 59.1 Å². The Kier molecular flexibility index (Phi) is 6.82. The molecule has 2 atom stereocenters. The van der Waals surface area contributed by atoms with Crippen molar-refractivity contribution in [3.8, 4) is 5.75 Å². The summed E-state index contributed by atoms with van der Waals surface area (Å²) in [5.41, 5.74) is 0.967. The largest absolute Gasteiger partial charge is 0.497 e. The van der Waals surface area contributed by atoms with E-state index in [4.69, 9.17) is 9.47 Å². The maximum Gasteiger partial charge on any atom is 0.227 e. The number of carbonyl (C=O) groups excluding carboxylic acids is 2. The predicted octanol–water partition coefficient (Wildman–Crippen LogP) is 2.10. The Hall–Kier alpha value is -2.08. The fourth-order valence-electron chi connectivity index (χ4n) is 3.42. The molecule has 6 heteroatoms. The number of nitrogens with zero attached hydrogens (tertiary/aromatic N) is 2. The number of methoxy groups -OCH3 is 2. The Labute approximate surface area is 149 Å². The molecule has 1 aliphatic heterocycles. The molecule has 25 heavy (non-hydrogen) atoms. The molecular weight excluding hydrogens is 320 g/mol. The molecular formula is C19H28N2O4. The second-order valence-corrected chi connectivity index (χ2v) is 6.30. The number of ether oxygens (including phenoxy) is 2. The van der Waals surface area contributed by atoms with Crippen LogP contribution >= 0.6 is 0 Å². The number of likely N-dealkylation sites (tertiary alicyclic amines) is 1. The van der Waals surface area contributed by atoms with Gasteiger partial charge in [0.25, 0.3) is 0 Å². The van der Waals surface area contributed by atoms with E-state index in [1.54, 1.807) is 26.2 Å². The highest BCUT2D eigenvalue weighted by Gasteiger charge is 2.40. The molecule has 0 spiro atoms. The van der Waals surface area contributed by atoms with Crippen LogP contribution in [0.1, 0.15) is 31.4 Å². The summed E-state index contributed by atoms with van der Waals surface area (Å²) in [5.74, 6) is 0.678. The average molecular weight is 348 g/mol. The van der Waals surface area contributed by atoms with Crippen molar-refractivity contribution < 1.29 is 19.1 Å². The Morgan fingerprint density at radius 2 is 1.96 bits per heavy atom. The summed E-state index contributed by atoms with van der Waals surface area (Å²) in [4.78, 5) is 28.9. The molecule has 6 nitrogen and oxygen atoms in total. The van der Waals surface area contributed by atoms with Crippen LogP contribution in [0.2, 0.25) is 0 Å². The van der Waals surface area contributed by atoms with E-state index in [2.05, 4.69) is 0 Å². The molecule has 0 aliphatic carbocycles. The molecule has 1 aromatic carbocycles. The first kappa shape index (κ1) is 19.2. The summed E-state index contributed by atoms with van der Waals surface area (Å²) in [6.07, 6.45) is 0.983. The van der Waals surface area contributed by atoms with Gasteiger partial charge in [-0.3, -0.25) is 9.59 Å². The monoisotopic (exact) mass is 348 g/mol. The van der Waals surface area contributed by atoms with Crippen LogP contribution in [0.4, 0.5) is 0 Å². The lowest BCUT2D eigenvalue weighted by Crippen LogP contribution is -2.48. The minimum absolute atomic E-state index is 0.0591. The molecule has 0 N–H and O–H groups in total. The molecule has 1 heterocycles. The van der Waals surface area contributed by atoms with Gasteiger partial charge in [-0.05, 0) is 31.0 Å². The van der Waals surface area contributed by atoms with Crippen molar-refractivity contribution in [2.24, 2.45) is 5.92 Å². The van der Waals surface area contributed by atoms with Crippen LogP contribution < -0.4 is 4.74 Å². The van der Waals surface area contributed by atoms with Gasteiger partial charge < -0.3 is 19.3 Å². The minimum atomic E-state index is -0.243. The van der Waals surface area contributed by atoms with Crippen molar-refractivity contribution >= 4 is 11.8 Å². The predicted molar refractivity (Wildman–Crippen MR) is 95.4 cm³/mol. The number of hydrogen-bond acceptors (Lipinski definition) is 4. The van der Waals surface area contributed by atoms with Crippen molar-refractivity contribution in [1.29, 1.82) is 0 Å². The molecule has 0 radical (unpaired) electrons. The first-order valence-electron chi connectivity index (χ1n) is 8.70. The third-order valence-electron chi connectivity index (χ3n) is 4.83. The first-order chi connectivity index (χ1) is 12.0. The van der Waals surface area contributed by atoms with E-state index >= 15 is 0 Å². The Balaban J connectivity index is 2.31. The van der Waals surface area contributed by atoms with Crippen LogP contribution in [0.25, 0.3) is 0 Å². The van der Waals surface area contributed by atoms with E-state index in [-0.39, 0.29) is 23.8 Å². The van der Waals surface area contributed by atoms with E-state index in [1.165, 1.54) is 0 Å². The molecule has 1 saturated heterocycles. The van der Waals surface area contributed by atoms with Crippen LogP contribution in [-0.2, 0) is 14.3 Å². The van der Waals surface area contributed by atoms with Gasteiger partial charge in [-0.15, -0.1) is 0 Å². The van der Waals surface area contributed by atoms with E-state index in [0.29, 0.717) is 32.5 Å². The number of hydrogen-bond donors (Lipinski definition) is 0. The minimum Gasteiger partial charge on any atom is -0.497 e. The van der Waals surface area contributed by atoms with Crippen molar-refractivity contribution in [2.75, 3.05) is 41.0 Å². The number of carbonyl (C=O) groups is 2. The molecule has 1 aliphatic rings. The van der Waals surface area contributed by atoms with E-state index in [9.17, 15) is 9.59 Å². The van der Waals surface area contributed by atoms with Gasteiger partial charge in [0.15, 0.2) is 0 Å². The van der Waals surface area contributed by atoms with Gasteiger partial charge in [0, 0.05) is 33.7 Å². The van der Waals surface area contributed by atoms with Crippen molar-refractivity contribution in [1.82, 2.24) is 9.80 Å². The van der Waals surface area contributed by atoms with E-state index < -0.39 is 0 Å². The van der Waals surface area contributed by atoms with E-state index in [1.807, 2.05) is 36.1 Å². The molecule has 1 aromatic rings. The summed E-state index contributed by atoms with van der Waals surface area (Å²) in [6.45, 7) is 3.58. The number of benzene rings is 1. The zero-order valence-electron chi connectivity index (χ0n) is 15.5. The number of piperidine rings is 1. The highest BCUT2D eigenvalue weighted by Crippen LogP contribution is 2.38. The van der Waals surface area contributed by atoms with Crippen LogP contribution in [0.5, 0.6) is 5.75 Å². The fraction of sp³-hybridized carbons (Fsp3) is 0.579. The van der Waals surface area contributed by atoms with Gasteiger partial charge in [0.2, 0.25) is 11.8 Å². The smallest absolute Gasteiger partial charge is 0.227 e. The third-order valence-corrected chi connectivity index (χ3v) is 4.83. The fourth-order valence-corrected chi connectivity index (χ4v) is 3.42. The standard InChI is InChI=1S/C19H28N2O4/c1-5-21-17(22)11-10-16(19(23)20(2)12-13-24-3)18(21)14-6-8-15(25-4)9-7-14/h6-9,16,18H,5,10-13H2,1-4H3/t16-,18+/m1/s1. The molecule has 0 saturated carbocycles. The Morgan fingerprint density at radius 3 is 2.52 bits per heavy atom.